The van der Waals surface area contributed by atoms with E-state index in [4.69, 9.17) is 0 Å². The Balaban J connectivity index is 1.57. The average Bonchev–Trinajstić information content (AvgIpc) is 3.16. The van der Waals surface area contributed by atoms with E-state index < -0.39 is 0 Å². The minimum Gasteiger partial charge on any atom is -0.353 e. The van der Waals surface area contributed by atoms with E-state index in [1.165, 1.54) is 11.8 Å². The first-order chi connectivity index (χ1) is 14.4. The molecule has 1 aliphatic rings. The molecule has 30 heavy (non-hydrogen) atoms. The van der Waals surface area contributed by atoms with Crippen molar-refractivity contribution in [1.82, 2.24) is 10.6 Å². The monoisotopic (exact) mass is 425 g/mol. The van der Waals surface area contributed by atoms with Crippen molar-refractivity contribution in [2.24, 2.45) is 0 Å². The van der Waals surface area contributed by atoms with E-state index in [-0.39, 0.29) is 29.5 Å². The fourth-order valence-electron chi connectivity index (χ4n) is 3.28. The summed E-state index contributed by atoms with van der Waals surface area (Å²) in [7, 11) is 0. The number of anilines is 1. The number of hydrogen-bond acceptors (Lipinski definition) is 4. The molecule has 0 saturated carbocycles. The van der Waals surface area contributed by atoms with E-state index in [1.54, 1.807) is 11.0 Å². The third kappa shape index (κ3) is 5.86. The predicted octanol–water partition coefficient (Wildman–Crippen LogP) is 3.36. The molecule has 0 aliphatic carbocycles. The van der Waals surface area contributed by atoms with Crippen molar-refractivity contribution >= 4 is 35.2 Å². The van der Waals surface area contributed by atoms with Gasteiger partial charge in [0, 0.05) is 36.1 Å². The summed E-state index contributed by atoms with van der Waals surface area (Å²) in [6.07, 6.45) is 1.50. The van der Waals surface area contributed by atoms with Crippen LogP contribution in [-0.4, -0.2) is 36.1 Å². The quantitative estimate of drug-likeness (QED) is 0.636. The lowest BCUT2D eigenvalue weighted by molar-refractivity contribution is -0.119. The first kappa shape index (κ1) is 21.9. The molecule has 1 heterocycles. The predicted molar refractivity (Wildman–Crippen MR) is 120 cm³/mol. The van der Waals surface area contributed by atoms with Gasteiger partial charge in [-0.2, -0.15) is 0 Å². The third-order valence-electron chi connectivity index (χ3n) is 4.71. The number of benzene rings is 2. The molecule has 3 amide bonds. The summed E-state index contributed by atoms with van der Waals surface area (Å²) in [5.41, 5.74) is 2.41. The molecule has 158 valence electrons. The van der Waals surface area contributed by atoms with Crippen molar-refractivity contribution in [2.75, 3.05) is 17.2 Å². The van der Waals surface area contributed by atoms with E-state index in [2.05, 4.69) is 10.6 Å². The van der Waals surface area contributed by atoms with Gasteiger partial charge in [-0.1, -0.05) is 24.3 Å². The minimum atomic E-state index is -0.179. The molecule has 1 fully saturated rings. The van der Waals surface area contributed by atoms with Crippen LogP contribution in [0.25, 0.3) is 0 Å². The Morgan fingerprint density at radius 1 is 1.10 bits per heavy atom. The highest BCUT2D eigenvalue weighted by atomic mass is 32.2. The number of carbonyl (C=O) groups is 3. The molecule has 0 radical (unpaired) electrons. The molecular weight excluding hydrogens is 398 g/mol. The Labute approximate surface area is 181 Å². The number of hydrogen-bond donors (Lipinski definition) is 2. The second-order valence-electron chi connectivity index (χ2n) is 7.51. The van der Waals surface area contributed by atoms with Crippen molar-refractivity contribution in [1.29, 1.82) is 0 Å². The van der Waals surface area contributed by atoms with Gasteiger partial charge in [-0.3, -0.25) is 14.4 Å². The van der Waals surface area contributed by atoms with Crippen LogP contribution in [0.2, 0.25) is 0 Å². The Morgan fingerprint density at radius 2 is 1.83 bits per heavy atom. The zero-order valence-electron chi connectivity index (χ0n) is 17.3. The van der Waals surface area contributed by atoms with Crippen LogP contribution >= 0.6 is 11.8 Å². The summed E-state index contributed by atoms with van der Waals surface area (Å²) in [4.78, 5) is 39.0. The van der Waals surface area contributed by atoms with Crippen LogP contribution in [0.5, 0.6) is 0 Å². The van der Waals surface area contributed by atoms with E-state index in [0.717, 1.165) is 29.1 Å². The molecular formula is C23H27N3O3S. The molecule has 2 aromatic rings. The van der Waals surface area contributed by atoms with Gasteiger partial charge in [0.25, 0.3) is 5.91 Å². The SMILES string of the molecule is CC(C)NC(=O)CSc1ccccc1C(=O)NCc1ccc(N2CCCC2=O)cc1. The van der Waals surface area contributed by atoms with Crippen molar-refractivity contribution < 1.29 is 14.4 Å². The van der Waals surface area contributed by atoms with Gasteiger partial charge in [-0.15, -0.1) is 11.8 Å². The van der Waals surface area contributed by atoms with Crippen LogP contribution in [0.3, 0.4) is 0 Å². The van der Waals surface area contributed by atoms with Crippen LogP contribution in [-0.2, 0) is 16.1 Å². The molecule has 3 rings (SSSR count). The standard InChI is InChI=1S/C23H27N3O3S/c1-16(2)25-21(27)15-30-20-7-4-3-6-19(20)23(29)24-14-17-9-11-18(12-10-17)26-13-5-8-22(26)28/h3-4,6-7,9-12,16H,5,8,13-15H2,1-2H3,(H,24,29)(H,25,27). The number of nitrogens with one attached hydrogen (secondary N) is 2. The highest BCUT2D eigenvalue weighted by Gasteiger charge is 2.21. The molecule has 1 aliphatic heterocycles. The van der Waals surface area contributed by atoms with Crippen molar-refractivity contribution in [3.05, 3.63) is 59.7 Å². The van der Waals surface area contributed by atoms with E-state index >= 15 is 0 Å². The number of rotatable bonds is 8. The fraction of sp³-hybridized carbons (Fsp3) is 0.348. The molecule has 6 nitrogen and oxygen atoms in total. The second kappa shape index (κ2) is 10.3. The molecule has 2 aromatic carbocycles. The first-order valence-electron chi connectivity index (χ1n) is 10.1. The zero-order chi connectivity index (χ0) is 21.5. The summed E-state index contributed by atoms with van der Waals surface area (Å²) in [5, 5.41) is 5.79. The van der Waals surface area contributed by atoms with Gasteiger partial charge in [-0.25, -0.2) is 0 Å². The van der Waals surface area contributed by atoms with Gasteiger partial charge in [-0.05, 0) is 50.1 Å². The lowest BCUT2D eigenvalue weighted by Crippen LogP contribution is -2.31. The van der Waals surface area contributed by atoms with Gasteiger partial charge in [0.15, 0.2) is 0 Å². The van der Waals surface area contributed by atoms with Crippen molar-refractivity contribution in [3.63, 3.8) is 0 Å². The Hall–Kier alpha value is -2.80. The Kier molecular flexibility index (Phi) is 7.52. The smallest absolute Gasteiger partial charge is 0.252 e. The summed E-state index contributed by atoms with van der Waals surface area (Å²) < 4.78 is 0. The van der Waals surface area contributed by atoms with Crippen molar-refractivity contribution in [3.8, 4) is 0 Å². The van der Waals surface area contributed by atoms with E-state index in [9.17, 15) is 14.4 Å². The van der Waals surface area contributed by atoms with Crippen LogP contribution in [0.15, 0.2) is 53.4 Å². The highest BCUT2D eigenvalue weighted by molar-refractivity contribution is 8.00. The number of amides is 3. The summed E-state index contributed by atoms with van der Waals surface area (Å²) >= 11 is 1.35. The van der Waals surface area contributed by atoms with Gasteiger partial charge in [0.05, 0.1) is 11.3 Å². The summed E-state index contributed by atoms with van der Waals surface area (Å²) in [5.74, 6) is 0.189. The molecule has 7 heteroatoms. The topological polar surface area (TPSA) is 78.5 Å². The Bertz CT molecular complexity index is 912. The lowest BCUT2D eigenvalue weighted by Gasteiger charge is -2.16. The maximum absolute atomic E-state index is 12.7. The molecule has 0 bridgehead atoms. The van der Waals surface area contributed by atoms with Crippen LogP contribution in [0, 0.1) is 0 Å². The first-order valence-corrected chi connectivity index (χ1v) is 11.1. The zero-order valence-corrected chi connectivity index (χ0v) is 18.1. The van der Waals surface area contributed by atoms with Crippen molar-refractivity contribution in [2.45, 2.75) is 44.2 Å². The number of thioether (sulfide) groups is 1. The van der Waals surface area contributed by atoms with Gasteiger partial charge < -0.3 is 15.5 Å². The van der Waals surface area contributed by atoms with E-state index in [0.29, 0.717) is 18.5 Å². The second-order valence-corrected chi connectivity index (χ2v) is 8.52. The maximum atomic E-state index is 12.7. The van der Waals surface area contributed by atoms with Crippen LogP contribution in [0.4, 0.5) is 5.69 Å². The average molecular weight is 426 g/mol. The van der Waals surface area contributed by atoms with E-state index in [1.807, 2.05) is 56.3 Å². The normalized spacial score (nSPS) is 13.6. The molecule has 0 unspecified atom stereocenters. The minimum absolute atomic E-state index is 0.0539. The molecule has 0 spiro atoms. The largest absolute Gasteiger partial charge is 0.353 e. The summed E-state index contributed by atoms with van der Waals surface area (Å²) in [6, 6.07) is 15.1. The lowest BCUT2D eigenvalue weighted by atomic mass is 10.1. The highest BCUT2D eigenvalue weighted by Crippen LogP contribution is 2.23. The molecule has 0 atom stereocenters. The molecule has 0 aromatic heterocycles. The van der Waals surface area contributed by atoms with Gasteiger partial charge in [0.2, 0.25) is 11.8 Å². The summed E-state index contributed by atoms with van der Waals surface area (Å²) in [6.45, 7) is 4.98. The molecule has 1 saturated heterocycles. The van der Waals surface area contributed by atoms with Gasteiger partial charge >= 0.3 is 0 Å². The number of carbonyl (C=O) groups excluding carboxylic acids is 3. The van der Waals surface area contributed by atoms with Crippen LogP contribution < -0.4 is 15.5 Å². The fourth-order valence-corrected chi connectivity index (χ4v) is 4.14. The molecule has 2 N–H and O–H groups in total. The van der Waals surface area contributed by atoms with Crippen LogP contribution in [0.1, 0.15) is 42.6 Å². The maximum Gasteiger partial charge on any atom is 0.252 e. The number of nitrogens with zero attached hydrogens (tertiary/aromatic N) is 1. The third-order valence-corrected chi connectivity index (χ3v) is 5.79. The van der Waals surface area contributed by atoms with Gasteiger partial charge in [0.1, 0.15) is 0 Å². The Morgan fingerprint density at radius 3 is 2.50 bits per heavy atom.